The number of morpholine rings is 1. The minimum Gasteiger partial charge on any atom is -0.443 e. The van der Waals surface area contributed by atoms with Gasteiger partial charge in [-0.05, 0) is 31.0 Å². The molecule has 5 heterocycles. The number of nitrogens with one attached hydrogen (secondary N) is 1. The number of carbonyl (C=O) groups is 1. The second-order valence-electron chi connectivity index (χ2n) is 9.51. The Hall–Kier alpha value is -3.39. The van der Waals surface area contributed by atoms with E-state index < -0.39 is 12.2 Å². The summed E-state index contributed by atoms with van der Waals surface area (Å²) in [5, 5.41) is 19.5. The largest absolute Gasteiger partial charge is 0.443 e. The smallest absolute Gasteiger partial charge is 0.413 e. The van der Waals surface area contributed by atoms with Crippen LogP contribution < -0.4 is 15.1 Å². The molecule has 2 N–H and O–H groups in total. The van der Waals surface area contributed by atoms with Crippen LogP contribution in [0.3, 0.4) is 0 Å². The molecule has 0 spiro atoms. The van der Waals surface area contributed by atoms with Crippen molar-refractivity contribution in [3.05, 3.63) is 52.2 Å². The van der Waals surface area contributed by atoms with Crippen LogP contribution in [0, 0.1) is 5.92 Å². The molecule has 2 fully saturated rings. The number of aromatic nitrogens is 4. The first-order valence-corrected chi connectivity index (χ1v) is 14.7. The Balaban J connectivity index is 1.10. The van der Waals surface area contributed by atoms with E-state index in [0.717, 1.165) is 68.1 Å². The van der Waals surface area contributed by atoms with Crippen LogP contribution in [0.15, 0.2) is 41.5 Å². The summed E-state index contributed by atoms with van der Waals surface area (Å²) in [6.45, 7) is 4.78. The molecule has 11 nitrogen and oxygen atoms in total. The van der Waals surface area contributed by atoms with Gasteiger partial charge in [-0.2, -0.15) is 0 Å². The van der Waals surface area contributed by atoms with Crippen molar-refractivity contribution >= 4 is 56.3 Å². The maximum Gasteiger partial charge on any atom is 0.413 e. The van der Waals surface area contributed by atoms with Crippen LogP contribution in [0.2, 0.25) is 0 Å². The predicted molar refractivity (Wildman–Crippen MR) is 151 cm³/mol. The highest BCUT2D eigenvalue weighted by molar-refractivity contribution is 7.13. The number of carbonyl (C=O) groups excluding carboxylic acids is 1. The van der Waals surface area contributed by atoms with Gasteiger partial charge in [-0.3, -0.25) is 5.32 Å². The minimum atomic E-state index is -0.711. The molecule has 0 radical (unpaired) electrons. The zero-order valence-corrected chi connectivity index (χ0v) is 22.9. The fourth-order valence-corrected chi connectivity index (χ4v) is 6.43. The zero-order chi connectivity index (χ0) is 26.6. The van der Waals surface area contributed by atoms with E-state index in [2.05, 4.69) is 53.3 Å². The van der Waals surface area contributed by atoms with Crippen molar-refractivity contribution in [1.29, 1.82) is 0 Å². The zero-order valence-electron chi connectivity index (χ0n) is 21.2. The molecule has 0 bridgehead atoms. The lowest BCUT2D eigenvalue weighted by Gasteiger charge is -2.35. The van der Waals surface area contributed by atoms with Gasteiger partial charge in [0.25, 0.3) is 0 Å². The lowest BCUT2D eigenvalue weighted by Crippen LogP contribution is -2.38. The number of nitrogens with zero attached hydrogens (tertiary/aromatic N) is 6. The summed E-state index contributed by atoms with van der Waals surface area (Å²) >= 11 is 2.70. The topological polar surface area (TPSA) is 126 Å². The van der Waals surface area contributed by atoms with E-state index in [1.54, 1.807) is 17.9 Å². The van der Waals surface area contributed by atoms with Crippen molar-refractivity contribution in [1.82, 2.24) is 19.9 Å². The van der Waals surface area contributed by atoms with E-state index in [-0.39, 0.29) is 12.5 Å². The quantitative estimate of drug-likeness (QED) is 0.337. The summed E-state index contributed by atoms with van der Waals surface area (Å²) in [5.41, 5.74) is 2.66. The van der Waals surface area contributed by atoms with Crippen LogP contribution in [0.5, 0.6) is 0 Å². The van der Waals surface area contributed by atoms with Gasteiger partial charge < -0.3 is 24.4 Å². The summed E-state index contributed by atoms with van der Waals surface area (Å²) < 4.78 is 10.7. The Morgan fingerprint density at radius 1 is 1.18 bits per heavy atom. The summed E-state index contributed by atoms with van der Waals surface area (Å²) in [5.74, 6) is 0.898. The number of ether oxygens (including phenoxy) is 2. The van der Waals surface area contributed by atoms with E-state index in [9.17, 15) is 9.90 Å². The van der Waals surface area contributed by atoms with Crippen molar-refractivity contribution in [2.45, 2.75) is 25.6 Å². The van der Waals surface area contributed by atoms with Crippen LogP contribution in [-0.4, -0.2) is 70.5 Å². The number of amides is 1. The van der Waals surface area contributed by atoms with Gasteiger partial charge in [-0.15, -0.1) is 22.7 Å². The number of benzene rings is 1. The molecule has 3 aromatic heterocycles. The summed E-state index contributed by atoms with van der Waals surface area (Å²) in [6.07, 6.45) is 3.77. The lowest BCUT2D eigenvalue weighted by atomic mass is 9.92. The van der Waals surface area contributed by atoms with Crippen LogP contribution >= 0.6 is 22.7 Å². The highest BCUT2D eigenvalue weighted by atomic mass is 32.1. The van der Waals surface area contributed by atoms with Gasteiger partial charge in [0.05, 0.1) is 24.4 Å². The fourth-order valence-electron chi connectivity index (χ4n) is 5.04. The molecular weight excluding hydrogens is 538 g/mol. The molecule has 2 atom stereocenters. The average molecular weight is 568 g/mol. The fraction of sp³-hybridized carbons (Fsp3) is 0.423. The number of thiazole rings is 2. The lowest BCUT2D eigenvalue weighted by molar-refractivity contribution is 0.0972. The SMILES string of the molecule is O=C(Nc1nccs1)OCc1csc(C(O)C2CCCN(c3ncnc4cc(N5CCOCC5)ccc34)C2)n1. The average Bonchev–Trinajstić information content (AvgIpc) is 3.68. The Labute approximate surface area is 233 Å². The van der Waals surface area contributed by atoms with Gasteiger partial charge in [-0.25, -0.2) is 24.7 Å². The number of aliphatic hydroxyl groups excluding tert-OH is 1. The molecule has 2 unspecified atom stereocenters. The van der Waals surface area contributed by atoms with Gasteiger partial charge in [0.2, 0.25) is 0 Å². The summed E-state index contributed by atoms with van der Waals surface area (Å²) in [7, 11) is 0. The molecule has 4 aromatic rings. The van der Waals surface area contributed by atoms with Crippen molar-refractivity contribution in [2.75, 3.05) is 54.5 Å². The third-order valence-corrected chi connectivity index (χ3v) is 8.65. The Kier molecular flexibility index (Phi) is 7.81. The Morgan fingerprint density at radius 2 is 2.08 bits per heavy atom. The molecule has 204 valence electrons. The highest BCUT2D eigenvalue weighted by Crippen LogP contribution is 2.35. The Bertz CT molecular complexity index is 1410. The Morgan fingerprint density at radius 3 is 2.92 bits per heavy atom. The molecule has 2 saturated heterocycles. The molecule has 6 rings (SSSR count). The predicted octanol–water partition coefficient (Wildman–Crippen LogP) is 4.08. The number of hydrogen-bond acceptors (Lipinski definition) is 12. The molecule has 0 aliphatic carbocycles. The molecule has 2 aliphatic rings. The maximum absolute atomic E-state index is 12.0. The standard InChI is InChI=1S/C26H29N7O4S2/c34-22(24-30-18(15-39-24)14-37-26(35)31-25-27-5-11-38-25)17-2-1-6-33(13-17)23-20-4-3-19(12-21(20)28-16-29-23)32-7-9-36-10-8-32/h3-5,11-12,15-17,22,34H,1-2,6-10,13-14H2,(H,27,31,35). The van der Waals surface area contributed by atoms with E-state index in [4.69, 9.17) is 9.47 Å². The maximum atomic E-state index is 12.0. The van der Waals surface area contributed by atoms with E-state index >= 15 is 0 Å². The van der Waals surface area contributed by atoms with Crippen LogP contribution in [0.1, 0.15) is 29.6 Å². The van der Waals surface area contributed by atoms with Gasteiger partial charge in [0.15, 0.2) is 5.13 Å². The third kappa shape index (κ3) is 5.96. The number of fused-ring (bicyclic) bond motifs is 1. The van der Waals surface area contributed by atoms with Crippen molar-refractivity contribution in [3.63, 3.8) is 0 Å². The molecule has 2 aliphatic heterocycles. The van der Waals surface area contributed by atoms with Gasteiger partial charge in [-0.1, -0.05) is 0 Å². The first kappa shape index (κ1) is 25.9. The van der Waals surface area contributed by atoms with Crippen LogP contribution in [-0.2, 0) is 16.1 Å². The highest BCUT2D eigenvalue weighted by Gasteiger charge is 2.30. The molecule has 39 heavy (non-hydrogen) atoms. The van der Waals surface area contributed by atoms with Gasteiger partial charge >= 0.3 is 6.09 Å². The second kappa shape index (κ2) is 11.8. The van der Waals surface area contributed by atoms with E-state index in [0.29, 0.717) is 22.4 Å². The number of hydrogen-bond donors (Lipinski definition) is 2. The van der Waals surface area contributed by atoms with Crippen molar-refractivity contribution < 1.29 is 19.4 Å². The number of aliphatic hydroxyl groups is 1. The minimum absolute atomic E-state index is 0.00417. The number of rotatable bonds is 7. The van der Waals surface area contributed by atoms with E-state index in [1.165, 1.54) is 22.7 Å². The first-order chi connectivity index (χ1) is 19.1. The van der Waals surface area contributed by atoms with Crippen LogP contribution in [0.25, 0.3) is 10.9 Å². The monoisotopic (exact) mass is 567 g/mol. The summed E-state index contributed by atoms with van der Waals surface area (Å²) in [6, 6.07) is 6.36. The van der Waals surface area contributed by atoms with Crippen molar-refractivity contribution in [3.8, 4) is 0 Å². The number of piperidine rings is 1. The summed E-state index contributed by atoms with van der Waals surface area (Å²) in [4.78, 5) is 34.3. The molecule has 1 aromatic carbocycles. The molecule has 0 saturated carbocycles. The third-order valence-electron chi connectivity index (χ3n) is 6.99. The molecule has 13 heteroatoms. The molecule has 1 amide bonds. The van der Waals surface area contributed by atoms with Crippen molar-refractivity contribution in [2.24, 2.45) is 5.92 Å². The van der Waals surface area contributed by atoms with Gasteiger partial charge in [0, 0.05) is 60.1 Å². The van der Waals surface area contributed by atoms with E-state index in [1.807, 2.05) is 5.38 Å². The van der Waals surface area contributed by atoms with Crippen LogP contribution in [0.4, 0.5) is 21.4 Å². The van der Waals surface area contributed by atoms with Gasteiger partial charge in [0.1, 0.15) is 29.9 Å². The first-order valence-electron chi connectivity index (χ1n) is 12.9. The second-order valence-corrected chi connectivity index (χ2v) is 11.3. The number of anilines is 3. The molecular formula is C26H29N7O4S2. The normalized spacial score (nSPS) is 18.7.